The number of rotatable bonds is 3. The number of hydrogen-bond donors (Lipinski definition) is 1. The van der Waals surface area contributed by atoms with Gasteiger partial charge in [-0.1, -0.05) is 11.3 Å². The van der Waals surface area contributed by atoms with Crippen molar-refractivity contribution < 1.29 is 14.0 Å². The monoisotopic (exact) mass is 288 g/mol. The molecule has 0 unspecified atom stereocenters. The van der Waals surface area contributed by atoms with Crippen LogP contribution in [0.5, 0.6) is 0 Å². The van der Waals surface area contributed by atoms with E-state index in [1.54, 1.807) is 18.2 Å². The maximum Gasteiger partial charge on any atom is 0.250 e. The Bertz CT molecular complexity index is 671. The van der Waals surface area contributed by atoms with Crippen LogP contribution < -0.4 is 5.32 Å². The Morgan fingerprint density at radius 1 is 1.45 bits per heavy atom. The van der Waals surface area contributed by atoms with Crippen molar-refractivity contribution in [2.45, 2.75) is 19.3 Å². The molecule has 0 aliphatic heterocycles. The van der Waals surface area contributed by atoms with Crippen LogP contribution in [0.4, 0.5) is 5.13 Å². The Morgan fingerprint density at radius 2 is 2.35 bits per heavy atom. The predicted octanol–water partition coefficient (Wildman–Crippen LogP) is 2.91. The van der Waals surface area contributed by atoms with E-state index < -0.39 is 0 Å². The number of anilines is 1. The Kier molecular flexibility index (Phi) is 3.47. The van der Waals surface area contributed by atoms with Crippen molar-refractivity contribution in [1.82, 2.24) is 4.98 Å². The van der Waals surface area contributed by atoms with Gasteiger partial charge in [-0.15, -0.1) is 0 Å². The molecule has 1 aliphatic rings. The number of nitrogens with zero attached hydrogens (tertiary/aromatic N) is 1. The molecular formula is C14H12N2O3S. The average Bonchev–Trinajstić information content (AvgIpc) is 3.05. The number of carbonyl (C=O) groups is 2. The van der Waals surface area contributed by atoms with E-state index in [1.807, 2.05) is 0 Å². The lowest BCUT2D eigenvalue weighted by molar-refractivity contribution is -0.111. The van der Waals surface area contributed by atoms with E-state index in [4.69, 9.17) is 4.42 Å². The van der Waals surface area contributed by atoms with Gasteiger partial charge in [0.25, 0.3) is 0 Å². The van der Waals surface area contributed by atoms with E-state index in [2.05, 4.69) is 10.3 Å². The topological polar surface area (TPSA) is 72.2 Å². The molecule has 2 aromatic heterocycles. The van der Waals surface area contributed by atoms with Crippen LogP contribution in [0.1, 0.15) is 34.0 Å². The van der Waals surface area contributed by atoms with Crippen LogP contribution in [0, 0.1) is 0 Å². The summed E-state index contributed by atoms with van der Waals surface area (Å²) in [6.07, 6.45) is 6.70. The lowest BCUT2D eigenvalue weighted by Gasteiger charge is -2.05. The van der Waals surface area contributed by atoms with Crippen LogP contribution in [0.3, 0.4) is 0 Å². The van der Waals surface area contributed by atoms with E-state index in [-0.39, 0.29) is 11.7 Å². The molecule has 6 heteroatoms. The molecule has 5 nitrogen and oxygen atoms in total. The predicted molar refractivity (Wildman–Crippen MR) is 75.8 cm³/mol. The molecule has 3 rings (SSSR count). The van der Waals surface area contributed by atoms with Crippen molar-refractivity contribution in [1.29, 1.82) is 0 Å². The van der Waals surface area contributed by atoms with E-state index in [0.717, 1.165) is 18.5 Å². The summed E-state index contributed by atoms with van der Waals surface area (Å²) in [7, 11) is 0. The minimum Gasteiger partial charge on any atom is -0.465 e. The second-order valence-corrected chi connectivity index (χ2v) is 5.41. The highest BCUT2D eigenvalue weighted by atomic mass is 32.1. The van der Waals surface area contributed by atoms with E-state index in [1.165, 1.54) is 23.7 Å². The first-order valence-corrected chi connectivity index (χ1v) is 7.09. The molecule has 0 spiro atoms. The van der Waals surface area contributed by atoms with Gasteiger partial charge in [0.05, 0.1) is 16.8 Å². The molecule has 2 heterocycles. The third-order valence-corrected chi connectivity index (χ3v) is 3.99. The summed E-state index contributed by atoms with van der Waals surface area (Å²) >= 11 is 1.25. The lowest BCUT2D eigenvalue weighted by atomic mass is 10.0. The summed E-state index contributed by atoms with van der Waals surface area (Å²) in [4.78, 5) is 28.4. The van der Waals surface area contributed by atoms with Crippen molar-refractivity contribution in [3.05, 3.63) is 40.8 Å². The summed E-state index contributed by atoms with van der Waals surface area (Å²) in [5.41, 5.74) is 0.802. The van der Waals surface area contributed by atoms with Gasteiger partial charge in [-0.05, 0) is 31.1 Å². The number of amides is 1. The smallest absolute Gasteiger partial charge is 0.250 e. The third kappa shape index (κ3) is 2.70. The second kappa shape index (κ2) is 5.42. The highest BCUT2D eigenvalue weighted by Gasteiger charge is 2.22. The van der Waals surface area contributed by atoms with Gasteiger partial charge in [-0.25, -0.2) is 4.98 Å². The molecule has 0 saturated heterocycles. The number of aromatic nitrogens is 1. The molecule has 1 N–H and O–H groups in total. The maximum atomic E-state index is 11.7. The first-order valence-electron chi connectivity index (χ1n) is 6.28. The van der Waals surface area contributed by atoms with Crippen LogP contribution in [-0.4, -0.2) is 16.7 Å². The molecular weight excluding hydrogens is 276 g/mol. The standard InChI is InChI=1S/C14H12N2O3S/c17-11-5-1-4-10-13(11)20-14(15-10)16-12(18)7-6-9-3-2-8-19-9/h2-3,6-8H,1,4-5H2,(H,15,16,18)/b7-6+. The van der Waals surface area contributed by atoms with Crippen LogP contribution in [0.2, 0.25) is 0 Å². The fourth-order valence-corrected chi connectivity index (χ4v) is 3.00. The summed E-state index contributed by atoms with van der Waals surface area (Å²) in [5.74, 6) is 0.434. The highest BCUT2D eigenvalue weighted by molar-refractivity contribution is 7.17. The number of Topliss-reactive ketones (excluding diaryl/α,β-unsaturated/α-hetero) is 1. The van der Waals surface area contributed by atoms with Gasteiger partial charge in [-0.3, -0.25) is 14.9 Å². The van der Waals surface area contributed by atoms with Crippen LogP contribution in [-0.2, 0) is 11.2 Å². The number of furan rings is 1. The fourth-order valence-electron chi connectivity index (χ4n) is 2.01. The summed E-state index contributed by atoms with van der Waals surface area (Å²) in [6, 6.07) is 3.50. The molecule has 0 saturated carbocycles. The van der Waals surface area contributed by atoms with Gasteiger partial charge in [0.1, 0.15) is 5.76 Å². The number of thiazole rings is 1. The van der Waals surface area contributed by atoms with Gasteiger partial charge in [0.15, 0.2) is 10.9 Å². The van der Waals surface area contributed by atoms with E-state index in [0.29, 0.717) is 22.2 Å². The molecule has 20 heavy (non-hydrogen) atoms. The zero-order chi connectivity index (χ0) is 13.9. The van der Waals surface area contributed by atoms with Crippen LogP contribution >= 0.6 is 11.3 Å². The first kappa shape index (κ1) is 12.8. The summed E-state index contributed by atoms with van der Waals surface area (Å²) in [6.45, 7) is 0. The second-order valence-electron chi connectivity index (χ2n) is 4.41. The molecule has 0 fully saturated rings. The van der Waals surface area contributed by atoms with Gasteiger partial charge in [0, 0.05) is 12.5 Å². The highest BCUT2D eigenvalue weighted by Crippen LogP contribution is 2.29. The van der Waals surface area contributed by atoms with Crippen molar-refractivity contribution in [2.75, 3.05) is 5.32 Å². The van der Waals surface area contributed by atoms with Crippen LogP contribution in [0.15, 0.2) is 28.9 Å². The van der Waals surface area contributed by atoms with Crippen molar-refractivity contribution in [3.8, 4) is 0 Å². The minimum absolute atomic E-state index is 0.121. The van der Waals surface area contributed by atoms with E-state index in [9.17, 15) is 9.59 Å². The quantitative estimate of drug-likeness (QED) is 0.881. The van der Waals surface area contributed by atoms with Gasteiger partial charge in [-0.2, -0.15) is 0 Å². The number of aryl methyl sites for hydroxylation is 1. The molecule has 1 amide bonds. The molecule has 0 bridgehead atoms. The Balaban J connectivity index is 1.69. The molecule has 2 aromatic rings. The zero-order valence-corrected chi connectivity index (χ0v) is 11.4. The number of hydrogen-bond acceptors (Lipinski definition) is 5. The lowest BCUT2D eigenvalue weighted by Crippen LogP contribution is -2.08. The van der Waals surface area contributed by atoms with Crippen LogP contribution in [0.25, 0.3) is 6.08 Å². The molecule has 102 valence electrons. The van der Waals surface area contributed by atoms with Crippen molar-refractivity contribution in [2.24, 2.45) is 0 Å². The number of ketones is 1. The summed E-state index contributed by atoms with van der Waals surface area (Å²) in [5, 5.41) is 3.14. The number of carbonyl (C=O) groups excluding carboxylic acids is 2. The maximum absolute atomic E-state index is 11.7. The molecule has 0 radical (unpaired) electrons. The first-order chi connectivity index (χ1) is 9.72. The van der Waals surface area contributed by atoms with Gasteiger partial charge in [0.2, 0.25) is 5.91 Å². The SMILES string of the molecule is O=C(/C=C/c1ccco1)Nc1nc2c(s1)C(=O)CCC2. The minimum atomic E-state index is -0.292. The average molecular weight is 288 g/mol. The van der Waals surface area contributed by atoms with Crippen molar-refractivity contribution in [3.63, 3.8) is 0 Å². The largest absolute Gasteiger partial charge is 0.465 e. The normalized spacial score (nSPS) is 14.5. The van der Waals surface area contributed by atoms with E-state index >= 15 is 0 Å². The summed E-state index contributed by atoms with van der Waals surface area (Å²) < 4.78 is 5.09. The third-order valence-electron chi connectivity index (χ3n) is 2.94. The number of fused-ring (bicyclic) bond motifs is 1. The van der Waals surface area contributed by atoms with Gasteiger partial charge >= 0.3 is 0 Å². The zero-order valence-electron chi connectivity index (χ0n) is 10.6. The Labute approximate surface area is 119 Å². The Morgan fingerprint density at radius 3 is 3.10 bits per heavy atom. The molecule has 0 aromatic carbocycles. The Hall–Kier alpha value is -2.21. The van der Waals surface area contributed by atoms with Crippen molar-refractivity contribution >= 4 is 34.2 Å². The molecule has 1 aliphatic carbocycles. The van der Waals surface area contributed by atoms with Gasteiger partial charge < -0.3 is 4.42 Å². The molecule has 0 atom stereocenters. The fraction of sp³-hybridized carbons (Fsp3) is 0.214. The number of nitrogens with one attached hydrogen (secondary N) is 1.